The third kappa shape index (κ3) is 4.43. The van der Waals surface area contributed by atoms with E-state index < -0.39 is 0 Å². The van der Waals surface area contributed by atoms with Gasteiger partial charge in [0.1, 0.15) is 0 Å². The Kier molecular flexibility index (Phi) is 8.20. The van der Waals surface area contributed by atoms with Gasteiger partial charge in [-0.15, -0.1) is 0 Å². The second kappa shape index (κ2) is 8.25. The van der Waals surface area contributed by atoms with E-state index in [1.54, 1.807) is 0 Å². The lowest BCUT2D eigenvalue weighted by molar-refractivity contribution is 0.182. The maximum absolute atomic E-state index is 3.63. The minimum Gasteiger partial charge on any atom is -0.312 e. The predicted octanol–water partition coefficient (Wildman–Crippen LogP) is 2.49. The van der Waals surface area contributed by atoms with Gasteiger partial charge in [-0.05, 0) is 39.4 Å². The Bertz CT molecular complexity index is 121. The van der Waals surface area contributed by atoms with Crippen molar-refractivity contribution < 1.29 is 0 Å². The van der Waals surface area contributed by atoms with Crippen LogP contribution < -0.4 is 5.32 Å². The summed E-state index contributed by atoms with van der Waals surface area (Å²) < 4.78 is 0. The first-order chi connectivity index (χ1) is 6.71. The molecule has 0 radical (unpaired) electrons. The topological polar surface area (TPSA) is 15.3 Å². The molecule has 0 aromatic rings. The first-order valence-corrected chi connectivity index (χ1v) is 6.18. The molecule has 0 rings (SSSR count). The van der Waals surface area contributed by atoms with Crippen LogP contribution in [0.4, 0.5) is 0 Å². The zero-order chi connectivity index (χ0) is 11.0. The van der Waals surface area contributed by atoms with Gasteiger partial charge in [0.25, 0.3) is 0 Å². The fraction of sp³-hybridized carbons (Fsp3) is 1.00. The molecule has 1 N–H and O–H groups in total. The van der Waals surface area contributed by atoms with Crippen molar-refractivity contribution >= 4 is 0 Å². The molecule has 2 nitrogen and oxygen atoms in total. The van der Waals surface area contributed by atoms with E-state index in [9.17, 15) is 0 Å². The molecular weight excluding hydrogens is 172 g/mol. The van der Waals surface area contributed by atoms with Gasteiger partial charge in [-0.25, -0.2) is 0 Å². The molecule has 0 saturated carbocycles. The lowest BCUT2D eigenvalue weighted by atomic mass is 10.1. The summed E-state index contributed by atoms with van der Waals surface area (Å²) in [6.07, 6.45) is 2.44. The average molecular weight is 200 g/mol. The number of nitrogens with zero attached hydrogens (tertiary/aromatic N) is 1. The maximum atomic E-state index is 3.63. The zero-order valence-electron chi connectivity index (χ0n) is 10.6. The van der Waals surface area contributed by atoms with Crippen molar-refractivity contribution in [2.24, 2.45) is 0 Å². The molecule has 0 aromatic carbocycles. The van der Waals surface area contributed by atoms with Crippen molar-refractivity contribution in [2.75, 3.05) is 19.6 Å². The van der Waals surface area contributed by atoms with E-state index in [-0.39, 0.29) is 0 Å². The molecule has 0 spiro atoms. The van der Waals surface area contributed by atoms with Gasteiger partial charge < -0.3 is 5.32 Å². The van der Waals surface area contributed by atoms with Gasteiger partial charge in [0.2, 0.25) is 0 Å². The Labute approximate surface area is 90.1 Å². The van der Waals surface area contributed by atoms with Crippen molar-refractivity contribution in [3.63, 3.8) is 0 Å². The number of nitrogens with one attached hydrogen (secondary N) is 1. The second-order valence-corrected chi connectivity index (χ2v) is 3.93. The summed E-state index contributed by atoms with van der Waals surface area (Å²) in [5.41, 5.74) is 0. The van der Waals surface area contributed by atoms with Crippen LogP contribution in [0.25, 0.3) is 0 Å². The summed E-state index contributed by atoms with van der Waals surface area (Å²) in [7, 11) is 0. The third-order valence-electron chi connectivity index (χ3n) is 3.07. The number of rotatable bonds is 8. The minimum atomic E-state index is 0.648. The second-order valence-electron chi connectivity index (χ2n) is 3.93. The predicted molar refractivity (Wildman–Crippen MR) is 64.8 cm³/mol. The van der Waals surface area contributed by atoms with E-state index in [4.69, 9.17) is 0 Å². The van der Waals surface area contributed by atoms with Gasteiger partial charge in [-0.1, -0.05) is 27.7 Å². The van der Waals surface area contributed by atoms with Gasteiger partial charge >= 0.3 is 0 Å². The Morgan fingerprint density at radius 2 is 1.64 bits per heavy atom. The molecule has 0 bridgehead atoms. The quantitative estimate of drug-likeness (QED) is 0.647. The van der Waals surface area contributed by atoms with E-state index in [2.05, 4.69) is 44.8 Å². The van der Waals surface area contributed by atoms with Crippen LogP contribution in [0.1, 0.15) is 47.5 Å². The molecule has 0 saturated heterocycles. The number of hydrogen-bond acceptors (Lipinski definition) is 2. The van der Waals surface area contributed by atoms with E-state index in [1.807, 2.05) is 0 Å². The Morgan fingerprint density at radius 3 is 2.00 bits per heavy atom. The van der Waals surface area contributed by atoms with E-state index in [0.29, 0.717) is 12.1 Å². The Morgan fingerprint density at radius 1 is 1.07 bits per heavy atom. The van der Waals surface area contributed by atoms with Crippen molar-refractivity contribution in [1.29, 1.82) is 0 Å². The van der Waals surface area contributed by atoms with Gasteiger partial charge in [-0.3, -0.25) is 4.90 Å². The van der Waals surface area contributed by atoms with E-state index in [0.717, 1.165) is 19.6 Å². The first-order valence-electron chi connectivity index (χ1n) is 6.18. The van der Waals surface area contributed by atoms with Crippen LogP contribution in [-0.2, 0) is 0 Å². The lowest BCUT2D eigenvalue weighted by Crippen LogP contribution is -2.48. The summed E-state index contributed by atoms with van der Waals surface area (Å²) in [5.74, 6) is 0. The third-order valence-corrected chi connectivity index (χ3v) is 3.07. The molecule has 0 amide bonds. The molecule has 0 aliphatic carbocycles. The highest BCUT2D eigenvalue weighted by atomic mass is 15.2. The van der Waals surface area contributed by atoms with Crippen LogP contribution in [0.15, 0.2) is 0 Å². The first kappa shape index (κ1) is 13.9. The normalized spacial score (nSPS) is 15.9. The molecule has 0 aliphatic heterocycles. The lowest BCUT2D eigenvalue weighted by Gasteiger charge is -2.33. The van der Waals surface area contributed by atoms with Crippen LogP contribution >= 0.6 is 0 Å². The minimum absolute atomic E-state index is 0.648. The highest BCUT2D eigenvalue weighted by Crippen LogP contribution is 2.07. The summed E-state index contributed by atoms with van der Waals surface area (Å²) in [6.45, 7) is 14.8. The molecule has 2 atom stereocenters. The monoisotopic (exact) mass is 200 g/mol. The molecule has 14 heavy (non-hydrogen) atoms. The smallest absolute Gasteiger partial charge is 0.0220 e. The van der Waals surface area contributed by atoms with Crippen LogP contribution in [-0.4, -0.2) is 36.6 Å². The Balaban J connectivity index is 4.06. The fourth-order valence-corrected chi connectivity index (χ4v) is 2.04. The van der Waals surface area contributed by atoms with Crippen LogP contribution in [0.5, 0.6) is 0 Å². The summed E-state index contributed by atoms with van der Waals surface area (Å²) >= 11 is 0. The number of likely N-dealkylation sites (N-methyl/N-ethyl adjacent to an activating group) is 1. The van der Waals surface area contributed by atoms with Crippen molar-refractivity contribution in [1.82, 2.24) is 10.2 Å². The summed E-state index contributed by atoms with van der Waals surface area (Å²) in [4.78, 5) is 2.52. The zero-order valence-corrected chi connectivity index (χ0v) is 10.6. The molecule has 0 heterocycles. The average Bonchev–Trinajstić information content (AvgIpc) is 2.21. The van der Waals surface area contributed by atoms with Gasteiger partial charge in [-0.2, -0.15) is 0 Å². The fourth-order valence-electron chi connectivity index (χ4n) is 2.04. The van der Waals surface area contributed by atoms with Crippen LogP contribution in [0.2, 0.25) is 0 Å². The summed E-state index contributed by atoms with van der Waals surface area (Å²) in [6, 6.07) is 1.30. The SMILES string of the molecule is CCCNC(CC)C(C)N(CC)CC. The maximum Gasteiger partial charge on any atom is 0.0220 e. The van der Waals surface area contributed by atoms with Crippen molar-refractivity contribution in [3.05, 3.63) is 0 Å². The van der Waals surface area contributed by atoms with E-state index >= 15 is 0 Å². The highest BCUT2D eigenvalue weighted by molar-refractivity contribution is 4.79. The summed E-state index contributed by atoms with van der Waals surface area (Å²) in [5, 5.41) is 3.63. The standard InChI is InChI=1S/C12H28N2/c1-6-10-13-12(7-2)11(5)14(8-3)9-4/h11-13H,6-10H2,1-5H3. The van der Waals surface area contributed by atoms with Crippen molar-refractivity contribution in [2.45, 2.75) is 59.5 Å². The largest absolute Gasteiger partial charge is 0.312 e. The van der Waals surface area contributed by atoms with Gasteiger partial charge in [0, 0.05) is 12.1 Å². The van der Waals surface area contributed by atoms with E-state index in [1.165, 1.54) is 12.8 Å². The molecule has 0 aliphatic rings. The van der Waals surface area contributed by atoms with Crippen molar-refractivity contribution in [3.8, 4) is 0 Å². The molecule has 2 heteroatoms. The van der Waals surface area contributed by atoms with Crippen LogP contribution in [0.3, 0.4) is 0 Å². The number of hydrogen-bond donors (Lipinski definition) is 1. The molecule has 2 unspecified atom stereocenters. The molecule has 86 valence electrons. The van der Waals surface area contributed by atoms with Gasteiger partial charge in [0.05, 0.1) is 0 Å². The molecule has 0 aromatic heterocycles. The highest BCUT2D eigenvalue weighted by Gasteiger charge is 2.18. The Hall–Kier alpha value is -0.0800. The molecule has 0 fully saturated rings. The van der Waals surface area contributed by atoms with Gasteiger partial charge in [0.15, 0.2) is 0 Å². The van der Waals surface area contributed by atoms with Crippen LogP contribution in [0, 0.1) is 0 Å². The molecular formula is C12H28N2.